The number of carboxylic acid groups (broad SMARTS) is 2. The summed E-state index contributed by atoms with van der Waals surface area (Å²) in [6.45, 7) is 9.36. The van der Waals surface area contributed by atoms with Crippen LogP contribution in [0.1, 0.15) is 195 Å². The summed E-state index contributed by atoms with van der Waals surface area (Å²) in [5.74, 6) is -1.34. The predicted molar refractivity (Wildman–Crippen MR) is 169 cm³/mol. The van der Waals surface area contributed by atoms with Crippen LogP contribution in [0.5, 0.6) is 0 Å². The predicted octanol–water partition coefficient (Wildman–Crippen LogP) is 10.9. The molecule has 2 N–H and O–H groups in total. The molecule has 0 saturated heterocycles. The molecule has 6 nitrogen and oxygen atoms in total. The van der Waals surface area contributed by atoms with Gasteiger partial charge in [-0.2, -0.15) is 0 Å². The van der Waals surface area contributed by atoms with Crippen LogP contribution in [0, 0.1) is 0 Å². The minimum atomic E-state index is -0.670. The van der Waals surface area contributed by atoms with Crippen molar-refractivity contribution in [2.75, 3.05) is 6.61 Å². The largest absolute Gasteiger partial charge is 0.481 e. The van der Waals surface area contributed by atoms with Crippen LogP contribution in [0.4, 0.5) is 0 Å². The van der Waals surface area contributed by atoms with Gasteiger partial charge in [-0.25, -0.2) is 0 Å². The molecule has 0 amide bonds. The monoisotopic (exact) mass is 573 g/mol. The highest BCUT2D eigenvalue weighted by Gasteiger charge is 2.02. The molecule has 0 aromatic rings. The minimum Gasteiger partial charge on any atom is -0.481 e. The highest BCUT2D eigenvalue weighted by atomic mass is 16.5. The Bertz CT molecular complexity index is 497. The maximum Gasteiger partial charge on any atom is 0.305 e. The second kappa shape index (κ2) is 39.6. The summed E-state index contributed by atoms with van der Waals surface area (Å²) in [7, 11) is 0. The topological polar surface area (TPSA) is 101 Å². The van der Waals surface area contributed by atoms with E-state index in [9.17, 15) is 14.4 Å². The van der Waals surface area contributed by atoms with Crippen LogP contribution in [0.2, 0.25) is 0 Å². The number of unbranched alkanes of at least 4 members (excludes halogenated alkanes) is 19. The maximum atomic E-state index is 11.5. The Balaban J connectivity index is -0.000000573. The third-order valence-electron chi connectivity index (χ3n) is 6.73. The number of carboxylic acids is 2. The lowest BCUT2D eigenvalue weighted by Crippen LogP contribution is -2.05. The number of carbonyl (C=O) groups is 3. The highest BCUT2D eigenvalue weighted by Crippen LogP contribution is 2.11. The molecule has 40 heavy (non-hydrogen) atoms. The van der Waals surface area contributed by atoms with Gasteiger partial charge in [-0.1, -0.05) is 150 Å². The molecule has 0 atom stereocenters. The zero-order valence-corrected chi connectivity index (χ0v) is 27.1. The van der Waals surface area contributed by atoms with E-state index in [0.717, 1.165) is 38.5 Å². The normalized spacial score (nSPS) is 10.2. The second-order valence-electron chi connectivity index (χ2n) is 11.0. The number of esters is 1. The lowest BCUT2D eigenvalue weighted by Gasteiger charge is -2.05. The standard InChI is InChI=1S/C18H36O2.2C8H16O2/c1-3-5-7-9-10-11-12-13-14-16-18(19)20-17-15-8-6-4-2;2*1-2-3-4-5-6-7-8(9)10/h3-17H2,1-2H3;2*2-7H2,1H3,(H,9,10). The molecule has 0 aromatic heterocycles. The van der Waals surface area contributed by atoms with E-state index in [4.69, 9.17) is 14.9 Å². The van der Waals surface area contributed by atoms with Gasteiger partial charge >= 0.3 is 17.9 Å². The average Bonchev–Trinajstić information content (AvgIpc) is 2.92. The molecule has 0 saturated carbocycles. The van der Waals surface area contributed by atoms with Crippen molar-refractivity contribution in [1.29, 1.82) is 0 Å². The molecule has 0 rings (SSSR count). The van der Waals surface area contributed by atoms with Crippen molar-refractivity contribution in [1.82, 2.24) is 0 Å². The van der Waals surface area contributed by atoms with Crippen molar-refractivity contribution in [2.24, 2.45) is 0 Å². The van der Waals surface area contributed by atoms with Crippen molar-refractivity contribution in [3.8, 4) is 0 Å². The molecule has 240 valence electrons. The first kappa shape index (κ1) is 42.9. The van der Waals surface area contributed by atoms with Crippen LogP contribution in [0.15, 0.2) is 0 Å². The molecular weight excluding hydrogens is 504 g/mol. The fourth-order valence-electron chi connectivity index (χ4n) is 4.13. The molecule has 6 heteroatoms. The molecule has 0 fully saturated rings. The van der Waals surface area contributed by atoms with Gasteiger partial charge in [0.15, 0.2) is 0 Å². The number of rotatable bonds is 27. The Morgan fingerprint density at radius 3 is 1.00 bits per heavy atom. The van der Waals surface area contributed by atoms with Crippen molar-refractivity contribution < 1.29 is 29.3 Å². The zero-order chi connectivity index (χ0) is 30.5. The van der Waals surface area contributed by atoms with Crippen LogP contribution >= 0.6 is 0 Å². The molecule has 0 radical (unpaired) electrons. The first-order valence-electron chi connectivity index (χ1n) is 16.9. The zero-order valence-electron chi connectivity index (χ0n) is 27.1. The van der Waals surface area contributed by atoms with Gasteiger partial charge in [0.25, 0.3) is 0 Å². The molecule has 0 unspecified atom stereocenters. The Morgan fingerprint density at radius 1 is 0.400 bits per heavy atom. The Kier molecular flexibility index (Phi) is 42.4. The van der Waals surface area contributed by atoms with Gasteiger partial charge in [0.05, 0.1) is 6.61 Å². The highest BCUT2D eigenvalue weighted by molar-refractivity contribution is 5.69. The van der Waals surface area contributed by atoms with E-state index in [1.165, 1.54) is 109 Å². The van der Waals surface area contributed by atoms with Crippen LogP contribution in [0.25, 0.3) is 0 Å². The molecule has 0 aliphatic carbocycles. The van der Waals surface area contributed by atoms with Crippen LogP contribution < -0.4 is 0 Å². The van der Waals surface area contributed by atoms with Gasteiger partial charge in [0, 0.05) is 19.3 Å². The van der Waals surface area contributed by atoms with Gasteiger partial charge in [-0.15, -0.1) is 0 Å². The van der Waals surface area contributed by atoms with Crippen molar-refractivity contribution in [3.05, 3.63) is 0 Å². The first-order chi connectivity index (χ1) is 19.3. The fraction of sp³-hybridized carbons (Fsp3) is 0.912. The lowest BCUT2D eigenvalue weighted by atomic mass is 10.1. The van der Waals surface area contributed by atoms with E-state index < -0.39 is 11.9 Å². The number of hydrogen-bond donors (Lipinski definition) is 2. The Hall–Kier alpha value is -1.59. The Morgan fingerprint density at radius 2 is 0.675 bits per heavy atom. The van der Waals surface area contributed by atoms with Crippen molar-refractivity contribution in [2.45, 2.75) is 195 Å². The van der Waals surface area contributed by atoms with Gasteiger partial charge in [-0.3, -0.25) is 14.4 Å². The molecule has 0 aliphatic rings. The summed E-state index contributed by atoms with van der Waals surface area (Å²) in [5, 5.41) is 16.5. The molecule has 0 aromatic carbocycles. The number of ether oxygens (including phenoxy) is 1. The molecule has 0 heterocycles. The Labute approximate surface area is 248 Å². The third kappa shape index (κ3) is 49.4. The summed E-state index contributed by atoms with van der Waals surface area (Å²) in [6, 6.07) is 0. The van der Waals surface area contributed by atoms with E-state index in [2.05, 4.69) is 27.7 Å². The SMILES string of the molecule is CCCCCCCC(=O)O.CCCCCCCC(=O)O.CCCCCCCCCCCC(=O)OCCCCCC. The number of carbonyl (C=O) groups excluding carboxylic acids is 1. The van der Waals surface area contributed by atoms with E-state index >= 15 is 0 Å². The summed E-state index contributed by atoms with van der Waals surface area (Å²) in [4.78, 5) is 31.5. The van der Waals surface area contributed by atoms with Crippen molar-refractivity contribution >= 4 is 17.9 Å². The summed E-state index contributed by atoms with van der Waals surface area (Å²) < 4.78 is 5.22. The number of hydrogen-bond acceptors (Lipinski definition) is 4. The lowest BCUT2D eigenvalue weighted by molar-refractivity contribution is -0.144. The minimum absolute atomic E-state index is 0.00412. The summed E-state index contributed by atoms with van der Waals surface area (Å²) in [6.07, 6.45) is 28.7. The van der Waals surface area contributed by atoms with Gasteiger partial charge in [0.2, 0.25) is 0 Å². The third-order valence-corrected chi connectivity index (χ3v) is 6.73. The van der Waals surface area contributed by atoms with Gasteiger partial charge in [0.1, 0.15) is 0 Å². The average molecular weight is 573 g/mol. The van der Waals surface area contributed by atoms with Crippen LogP contribution in [-0.4, -0.2) is 34.7 Å². The maximum absolute atomic E-state index is 11.5. The van der Waals surface area contributed by atoms with Crippen LogP contribution in [0.3, 0.4) is 0 Å². The van der Waals surface area contributed by atoms with E-state index in [1.807, 2.05) is 0 Å². The molecule has 0 bridgehead atoms. The van der Waals surface area contributed by atoms with Crippen LogP contribution in [-0.2, 0) is 19.1 Å². The molecular formula is C34H68O6. The second-order valence-corrected chi connectivity index (χ2v) is 11.0. The summed E-state index contributed by atoms with van der Waals surface area (Å²) >= 11 is 0. The quantitative estimate of drug-likeness (QED) is 0.0749. The number of aliphatic carboxylic acids is 2. The first-order valence-corrected chi connectivity index (χ1v) is 16.9. The van der Waals surface area contributed by atoms with Crippen molar-refractivity contribution in [3.63, 3.8) is 0 Å². The summed E-state index contributed by atoms with van der Waals surface area (Å²) in [5.41, 5.74) is 0. The fourth-order valence-corrected chi connectivity index (χ4v) is 4.13. The van der Waals surface area contributed by atoms with E-state index in [-0.39, 0.29) is 5.97 Å². The van der Waals surface area contributed by atoms with E-state index in [0.29, 0.717) is 25.9 Å². The van der Waals surface area contributed by atoms with Gasteiger partial charge < -0.3 is 14.9 Å². The van der Waals surface area contributed by atoms with Gasteiger partial charge in [-0.05, 0) is 25.7 Å². The molecule has 0 spiro atoms. The molecule has 0 aliphatic heterocycles. The van der Waals surface area contributed by atoms with E-state index in [1.54, 1.807) is 0 Å². The smallest absolute Gasteiger partial charge is 0.305 e.